The summed E-state index contributed by atoms with van der Waals surface area (Å²) in [5.74, 6) is -0.257. The van der Waals surface area contributed by atoms with Gasteiger partial charge in [0.25, 0.3) is 5.91 Å². The molecule has 2 rings (SSSR count). The maximum atomic E-state index is 12.0. The molecule has 6 nitrogen and oxygen atoms in total. The Balaban J connectivity index is 2.34. The molecule has 20 heavy (non-hydrogen) atoms. The monoisotopic (exact) mass is 294 g/mol. The molecular formula is C13H14N2O4S. The summed E-state index contributed by atoms with van der Waals surface area (Å²) >= 11 is 0. The molecular weight excluding hydrogens is 280 g/mol. The fraction of sp³-hybridized carbons (Fsp3) is 0.154. The van der Waals surface area contributed by atoms with Gasteiger partial charge in [0.1, 0.15) is 0 Å². The zero-order valence-corrected chi connectivity index (χ0v) is 11.8. The third-order valence-corrected chi connectivity index (χ3v) is 3.77. The largest absolute Gasteiger partial charge is 0.459 e. The first-order chi connectivity index (χ1) is 9.29. The molecule has 0 saturated carbocycles. The third kappa shape index (κ3) is 2.89. The molecule has 0 atom stereocenters. The molecule has 0 aliphatic heterocycles. The molecule has 106 valence electrons. The number of carbonyl (C=O) groups is 1. The van der Waals surface area contributed by atoms with E-state index in [9.17, 15) is 13.2 Å². The van der Waals surface area contributed by atoms with E-state index in [4.69, 9.17) is 9.56 Å². The molecule has 1 heterocycles. The van der Waals surface area contributed by atoms with E-state index in [1.54, 1.807) is 26.0 Å². The van der Waals surface area contributed by atoms with Gasteiger partial charge in [-0.05, 0) is 37.6 Å². The highest BCUT2D eigenvalue weighted by molar-refractivity contribution is 7.89. The first-order valence-corrected chi connectivity index (χ1v) is 7.32. The standard InChI is InChI=1S/C13H14N2O4S/c1-8-3-4-10(20(14,17)18)7-11(8)15-13(16)12-9(2)5-6-19-12/h3-7H,1-2H3,(H,15,16)(H2,14,17,18). The van der Waals surface area contributed by atoms with E-state index < -0.39 is 15.9 Å². The van der Waals surface area contributed by atoms with Gasteiger partial charge < -0.3 is 9.73 Å². The van der Waals surface area contributed by atoms with E-state index in [-0.39, 0.29) is 10.7 Å². The lowest BCUT2D eigenvalue weighted by Gasteiger charge is -2.09. The van der Waals surface area contributed by atoms with Gasteiger partial charge in [0.15, 0.2) is 5.76 Å². The second kappa shape index (κ2) is 5.10. The first kappa shape index (κ1) is 14.3. The Morgan fingerprint density at radius 2 is 1.90 bits per heavy atom. The summed E-state index contributed by atoms with van der Waals surface area (Å²) in [6.07, 6.45) is 1.41. The van der Waals surface area contributed by atoms with Crippen molar-refractivity contribution in [1.29, 1.82) is 0 Å². The molecule has 1 aromatic heterocycles. The lowest BCUT2D eigenvalue weighted by atomic mass is 10.2. The number of primary sulfonamides is 1. The average Bonchev–Trinajstić information content (AvgIpc) is 2.77. The molecule has 0 bridgehead atoms. The number of anilines is 1. The van der Waals surface area contributed by atoms with E-state index in [1.807, 2.05) is 0 Å². The summed E-state index contributed by atoms with van der Waals surface area (Å²) < 4.78 is 27.7. The van der Waals surface area contributed by atoms with Gasteiger partial charge in [0, 0.05) is 11.3 Å². The van der Waals surface area contributed by atoms with Crippen LogP contribution in [0.4, 0.5) is 5.69 Å². The van der Waals surface area contributed by atoms with Gasteiger partial charge in [-0.1, -0.05) is 6.07 Å². The second-order valence-corrected chi connectivity index (χ2v) is 5.97. The van der Waals surface area contributed by atoms with Crippen molar-refractivity contribution in [1.82, 2.24) is 0 Å². The summed E-state index contributed by atoms with van der Waals surface area (Å²) in [6.45, 7) is 3.49. The van der Waals surface area contributed by atoms with Gasteiger partial charge in [-0.25, -0.2) is 13.6 Å². The minimum absolute atomic E-state index is 0.0606. The quantitative estimate of drug-likeness (QED) is 0.900. The molecule has 3 N–H and O–H groups in total. The van der Waals surface area contributed by atoms with Crippen LogP contribution in [0.3, 0.4) is 0 Å². The Morgan fingerprint density at radius 1 is 1.20 bits per heavy atom. The van der Waals surface area contributed by atoms with Crippen LogP contribution in [0.25, 0.3) is 0 Å². The highest BCUT2D eigenvalue weighted by atomic mass is 32.2. The number of carbonyl (C=O) groups excluding carboxylic acids is 1. The normalized spacial score (nSPS) is 11.3. The van der Waals surface area contributed by atoms with E-state index in [0.717, 1.165) is 5.56 Å². The first-order valence-electron chi connectivity index (χ1n) is 5.78. The maximum absolute atomic E-state index is 12.0. The highest BCUT2D eigenvalue weighted by Gasteiger charge is 2.15. The van der Waals surface area contributed by atoms with Crippen molar-refractivity contribution in [3.63, 3.8) is 0 Å². The third-order valence-electron chi connectivity index (χ3n) is 2.85. The summed E-state index contributed by atoms with van der Waals surface area (Å²) in [5.41, 5.74) is 1.79. The van der Waals surface area contributed by atoms with Crippen LogP contribution in [0.5, 0.6) is 0 Å². The Kier molecular flexibility index (Phi) is 3.65. The Hall–Kier alpha value is -2.12. The van der Waals surface area contributed by atoms with Crippen molar-refractivity contribution in [3.8, 4) is 0 Å². The fourth-order valence-corrected chi connectivity index (χ4v) is 2.24. The minimum Gasteiger partial charge on any atom is -0.459 e. The van der Waals surface area contributed by atoms with Gasteiger partial charge in [0.05, 0.1) is 11.2 Å². The number of furan rings is 1. The van der Waals surface area contributed by atoms with E-state index in [2.05, 4.69) is 5.32 Å². The summed E-state index contributed by atoms with van der Waals surface area (Å²) in [7, 11) is -3.81. The van der Waals surface area contributed by atoms with Gasteiger partial charge in [-0.3, -0.25) is 4.79 Å². The van der Waals surface area contributed by atoms with Crippen LogP contribution in [0.1, 0.15) is 21.7 Å². The van der Waals surface area contributed by atoms with Crippen molar-refractivity contribution in [2.45, 2.75) is 18.7 Å². The average molecular weight is 294 g/mol. The molecule has 0 aliphatic rings. The molecule has 1 amide bonds. The Morgan fingerprint density at radius 3 is 2.45 bits per heavy atom. The van der Waals surface area contributed by atoms with Crippen LogP contribution >= 0.6 is 0 Å². The van der Waals surface area contributed by atoms with Gasteiger partial charge >= 0.3 is 0 Å². The van der Waals surface area contributed by atoms with E-state index >= 15 is 0 Å². The topological polar surface area (TPSA) is 102 Å². The van der Waals surface area contributed by atoms with E-state index in [0.29, 0.717) is 11.3 Å². The van der Waals surface area contributed by atoms with Crippen LogP contribution in [-0.2, 0) is 10.0 Å². The van der Waals surface area contributed by atoms with Crippen molar-refractivity contribution < 1.29 is 17.6 Å². The number of hydrogen-bond acceptors (Lipinski definition) is 4. The smallest absolute Gasteiger partial charge is 0.291 e. The van der Waals surface area contributed by atoms with Crippen LogP contribution in [0, 0.1) is 13.8 Å². The zero-order valence-electron chi connectivity index (χ0n) is 11.0. The van der Waals surface area contributed by atoms with Gasteiger partial charge in [-0.2, -0.15) is 0 Å². The number of sulfonamides is 1. The number of amides is 1. The molecule has 1 aromatic carbocycles. The van der Waals surface area contributed by atoms with Crippen molar-refractivity contribution in [2.75, 3.05) is 5.32 Å². The fourth-order valence-electron chi connectivity index (χ4n) is 1.70. The van der Waals surface area contributed by atoms with Crippen LogP contribution in [0.2, 0.25) is 0 Å². The molecule has 7 heteroatoms. The van der Waals surface area contributed by atoms with Crippen molar-refractivity contribution in [3.05, 3.63) is 47.4 Å². The molecule has 2 aromatic rings. The predicted molar refractivity (Wildman–Crippen MR) is 74.0 cm³/mol. The molecule has 0 spiro atoms. The number of hydrogen-bond donors (Lipinski definition) is 2. The summed E-state index contributed by atoms with van der Waals surface area (Å²) in [5, 5.41) is 7.68. The number of aryl methyl sites for hydroxylation is 2. The predicted octanol–water partition coefficient (Wildman–Crippen LogP) is 1.80. The number of benzene rings is 1. The summed E-state index contributed by atoms with van der Waals surface area (Å²) in [6, 6.07) is 5.95. The maximum Gasteiger partial charge on any atom is 0.291 e. The second-order valence-electron chi connectivity index (χ2n) is 4.41. The Bertz CT molecular complexity index is 762. The molecule has 0 unspecified atom stereocenters. The molecule has 0 fully saturated rings. The van der Waals surface area contributed by atoms with Crippen molar-refractivity contribution >= 4 is 21.6 Å². The van der Waals surface area contributed by atoms with Crippen LogP contribution in [0.15, 0.2) is 39.8 Å². The van der Waals surface area contributed by atoms with Crippen LogP contribution in [-0.4, -0.2) is 14.3 Å². The minimum atomic E-state index is -3.81. The lowest BCUT2D eigenvalue weighted by molar-refractivity contribution is 0.0995. The Labute approximate surface area is 116 Å². The lowest BCUT2D eigenvalue weighted by Crippen LogP contribution is -2.15. The number of nitrogens with two attached hydrogens (primary N) is 1. The zero-order chi connectivity index (χ0) is 14.9. The summed E-state index contributed by atoms with van der Waals surface area (Å²) in [4.78, 5) is 12.0. The number of rotatable bonds is 3. The molecule has 0 saturated heterocycles. The van der Waals surface area contributed by atoms with E-state index in [1.165, 1.54) is 18.4 Å². The van der Waals surface area contributed by atoms with Crippen molar-refractivity contribution in [2.24, 2.45) is 5.14 Å². The molecule has 0 radical (unpaired) electrons. The molecule has 0 aliphatic carbocycles. The van der Waals surface area contributed by atoms with Gasteiger partial charge in [-0.15, -0.1) is 0 Å². The number of nitrogens with one attached hydrogen (secondary N) is 1. The SMILES string of the molecule is Cc1ccc(S(N)(=O)=O)cc1NC(=O)c1occc1C. The highest BCUT2D eigenvalue weighted by Crippen LogP contribution is 2.21. The van der Waals surface area contributed by atoms with Crippen LogP contribution < -0.4 is 10.5 Å². The van der Waals surface area contributed by atoms with Gasteiger partial charge in [0.2, 0.25) is 10.0 Å².